The van der Waals surface area contributed by atoms with E-state index in [1.807, 2.05) is 37.3 Å². The molecular formula is C17H16FN3. The van der Waals surface area contributed by atoms with Gasteiger partial charge in [-0.15, -0.1) is 0 Å². The number of pyridine rings is 2. The largest absolute Gasteiger partial charge is 0.305 e. The minimum atomic E-state index is -0.310. The Bertz CT molecular complexity index is 752. The van der Waals surface area contributed by atoms with Crippen LogP contribution in [0.15, 0.2) is 54.9 Å². The highest BCUT2D eigenvalue weighted by Crippen LogP contribution is 2.27. The van der Waals surface area contributed by atoms with Crippen LogP contribution in [0.5, 0.6) is 0 Å². The van der Waals surface area contributed by atoms with Crippen molar-refractivity contribution in [2.24, 2.45) is 0 Å². The second kappa shape index (κ2) is 5.97. The van der Waals surface area contributed by atoms with Crippen LogP contribution >= 0.6 is 0 Å². The monoisotopic (exact) mass is 281 g/mol. The van der Waals surface area contributed by atoms with Crippen LogP contribution in [0.2, 0.25) is 0 Å². The third-order valence-electron chi connectivity index (χ3n) is 3.44. The fraction of sp³-hybridized carbons (Fsp3) is 0.176. The second-order valence-electron chi connectivity index (χ2n) is 4.78. The molecular weight excluding hydrogens is 265 g/mol. The van der Waals surface area contributed by atoms with E-state index in [0.29, 0.717) is 12.2 Å². The average Bonchev–Trinajstić information content (AvgIpc) is 2.53. The van der Waals surface area contributed by atoms with Crippen LogP contribution in [-0.2, 0) is 0 Å². The van der Waals surface area contributed by atoms with E-state index < -0.39 is 0 Å². The first-order chi connectivity index (χ1) is 10.3. The molecule has 0 aliphatic rings. The van der Waals surface area contributed by atoms with E-state index in [0.717, 1.165) is 16.5 Å². The Morgan fingerprint density at radius 3 is 2.62 bits per heavy atom. The van der Waals surface area contributed by atoms with E-state index in [1.165, 1.54) is 6.07 Å². The molecule has 2 heterocycles. The molecule has 21 heavy (non-hydrogen) atoms. The van der Waals surface area contributed by atoms with Gasteiger partial charge in [-0.05, 0) is 24.7 Å². The molecule has 1 atom stereocenters. The number of benzene rings is 1. The zero-order chi connectivity index (χ0) is 14.7. The zero-order valence-electron chi connectivity index (χ0n) is 11.8. The molecule has 1 N–H and O–H groups in total. The predicted molar refractivity (Wildman–Crippen MR) is 81.5 cm³/mol. The third kappa shape index (κ3) is 2.62. The summed E-state index contributed by atoms with van der Waals surface area (Å²) in [6.07, 6.45) is 3.37. The molecule has 0 aliphatic carbocycles. The quantitative estimate of drug-likeness (QED) is 0.795. The zero-order valence-corrected chi connectivity index (χ0v) is 11.8. The van der Waals surface area contributed by atoms with Crippen molar-refractivity contribution in [3.8, 4) is 0 Å². The minimum absolute atomic E-state index is 0.309. The van der Waals surface area contributed by atoms with Gasteiger partial charge in [0.2, 0.25) is 0 Å². The Morgan fingerprint density at radius 1 is 1.05 bits per heavy atom. The van der Waals surface area contributed by atoms with Crippen LogP contribution < -0.4 is 5.32 Å². The van der Waals surface area contributed by atoms with Gasteiger partial charge in [-0.1, -0.05) is 31.2 Å². The summed E-state index contributed by atoms with van der Waals surface area (Å²) >= 11 is 0. The first-order valence-electron chi connectivity index (χ1n) is 6.98. The van der Waals surface area contributed by atoms with E-state index in [2.05, 4.69) is 15.3 Å². The first-order valence-corrected chi connectivity index (χ1v) is 6.98. The Kier molecular flexibility index (Phi) is 3.88. The summed E-state index contributed by atoms with van der Waals surface area (Å²) in [5.41, 5.74) is 2.21. The Balaban J connectivity index is 2.19. The fourth-order valence-electron chi connectivity index (χ4n) is 2.53. The van der Waals surface area contributed by atoms with Gasteiger partial charge in [0.1, 0.15) is 5.82 Å². The minimum Gasteiger partial charge on any atom is -0.305 e. The van der Waals surface area contributed by atoms with Crippen LogP contribution in [0.25, 0.3) is 10.9 Å². The number of nitrogens with zero attached hydrogens (tertiary/aromatic N) is 2. The van der Waals surface area contributed by atoms with Gasteiger partial charge >= 0.3 is 0 Å². The molecule has 1 unspecified atom stereocenters. The molecule has 0 radical (unpaired) electrons. The van der Waals surface area contributed by atoms with Crippen molar-refractivity contribution < 1.29 is 4.39 Å². The normalized spacial score (nSPS) is 12.5. The van der Waals surface area contributed by atoms with Gasteiger partial charge in [0.05, 0.1) is 17.3 Å². The number of halogens is 1. The number of hydrogen-bond donors (Lipinski definition) is 1. The summed E-state index contributed by atoms with van der Waals surface area (Å²) < 4.78 is 14.1. The van der Waals surface area contributed by atoms with Crippen molar-refractivity contribution in [1.29, 1.82) is 0 Å². The predicted octanol–water partition coefficient (Wildman–Crippen LogP) is 3.47. The standard InChI is InChI=1S/C17H16FN3/c1-2-19-16(17-14(18)9-5-11-21-17)13-8-3-6-12-7-4-10-20-15(12)13/h3-11,16,19H,2H2,1H3. The molecule has 1 aromatic carbocycles. The van der Waals surface area contributed by atoms with E-state index >= 15 is 0 Å². The summed E-state index contributed by atoms with van der Waals surface area (Å²) in [6.45, 7) is 2.70. The van der Waals surface area contributed by atoms with Gasteiger partial charge in [-0.3, -0.25) is 9.97 Å². The van der Waals surface area contributed by atoms with Crippen molar-refractivity contribution in [1.82, 2.24) is 15.3 Å². The lowest BCUT2D eigenvalue weighted by Gasteiger charge is -2.19. The molecule has 106 valence electrons. The highest BCUT2D eigenvalue weighted by atomic mass is 19.1. The summed E-state index contributed by atoms with van der Waals surface area (Å²) in [6, 6.07) is 12.6. The number of nitrogens with one attached hydrogen (secondary N) is 1. The highest BCUT2D eigenvalue weighted by Gasteiger charge is 2.20. The van der Waals surface area contributed by atoms with Crippen LogP contribution in [-0.4, -0.2) is 16.5 Å². The van der Waals surface area contributed by atoms with E-state index in [9.17, 15) is 4.39 Å². The molecule has 0 saturated heterocycles. The van der Waals surface area contributed by atoms with Gasteiger partial charge < -0.3 is 5.32 Å². The van der Waals surface area contributed by atoms with Crippen LogP contribution in [0.3, 0.4) is 0 Å². The molecule has 0 bridgehead atoms. The average molecular weight is 281 g/mol. The van der Waals surface area contributed by atoms with E-state index in [-0.39, 0.29) is 11.9 Å². The molecule has 0 saturated carbocycles. The first kappa shape index (κ1) is 13.6. The maximum Gasteiger partial charge on any atom is 0.146 e. The van der Waals surface area contributed by atoms with Gasteiger partial charge in [-0.25, -0.2) is 4.39 Å². The maximum absolute atomic E-state index is 14.1. The Hall–Kier alpha value is -2.33. The third-order valence-corrected chi connectivity index (χ3v) is 3.44. The topological polar surface area (TPSA) is 37.8 Å². The molecule has 3 rings (SSSR count). The number of para-hydroxylation sites is 1. The molecule has 0 aliphatic heterocycles. The lowest BCUT2D eigenvalue weighted by Crippen LogP contribution is -2.24. The fourth-order valence-corrected chi connectivity index (χ4v) is 2.53. The Morgan fingerprint density at radius 2 is 1.81 bits per heavy atom. The highest BCUT2D eigenvalue weighted by molar-refractivity contribution is 5.82. The van der Waals surface area contributed by atoms with Crippen LogP contribution in [0.4, 0.5) is 4.39 Å². The lowest BCUT2D eigenvalue weighted by molar-refractivity contribution is 0.544. The molecule has 3 nitrogen and oxygen atoms in total. The number of hydrogen-bond acceptors (Lipinski definition) is 3. The lowest BCUT2D eigenvalue weighted by atomic mass is 9.99. The van der Waals surface area contributed by atoms with E-state index in [4.69, 9.17) is 0 Å². The van der Waals surface area contributed by atoms with Gasteiger partial charge in [0, 0.05) is 23.3 Å². The maximum atomic E-state index is 14.1. The van der Waals surface area contributed by atoms with Crippen molar-refractivity contribution in [2.45, 2.75) is 13.0 Å². The molecule has 4 heteroatoms. The Labute approximate surface area is 122 Å². The van der Waals surface area contributed by atoms with Crippen molar-refractivity contribution in [3.05, 3.63) is 71.9 Å². The summed E-state index contributed by atoms with van der Waals surface area (Å²) in [4.78, 5) is 8.66. The molecule has 0 spiro atoms. The summed E-state index contributed by atoms with van der Waals surface area (Å²) in [7, 11) is 0. The van der Waals surface area contributed by atoms with Gasteiger partial charge in [-0.2, -0.15) is 0 Å². The molecule has 2 aromatic heterocycles. The molecule has 3 aromatic rings. The van der Waals surface area contributed by atoms with Gasteiger partial charge in [0.25, 0.3) is 0 Å². The summed E-state index contributed by atoms with van der Waals surface area (Å²) in [5, 5.41) is 4.34. The van der Waals surface area contributed by atoms with E-state index in [1.54, 1.807) is 18.5 Å². The van der Waals surface area contributed by atoms with Crippen molar-refractivity contribution in [3.63, 3.8) is 0 Å². The number of fused-ring (bicyclic) bond motifs is 1. The summed E-state index contributed by atoms with van der Waals surface area (Å²) in [5.74, 6) is -0.309. The number of rotatable bonds is 4. The molecule has 0 fully saturated rings. The van der Waals surface area contributed by atoms with Gasteiger partial charge in [0.15, 0.2) is 0 Å². The smallest absolute Gasteiger partial charge is 0.146 e. The number of aromatic nitrogens is 2. The van der Waals surface area contributed by atoms with Crippen molar-refractivity contribution >= 4 is 10.9 Å². The SMILES string of the molecule is CCNC(c1ncccc1F)c1cccc2cccnc12. The molecule has 0 amide bonds. The van der Waals surface area contributed by atoms with Crippen molar-refractivity contribution in [2.75, 3.05) is 6.54 Å². The second-order valence-corrected chi connectivity index (χ2v) is 4.78. The van der Waals surface area contributed by atoms with Crippen LogP contribution in [0, 0.1) is 5.82 Å². The van der Waals surface area contributed by atoms with Crippen LogP contribution in [0.1, 0.15) is 24.2 Å².